The molecule has 1 aliphatic carbocycles. The Labute approximate surface area is 157 Å². The van der Waals surface area contributed by atoms with Crippen molar-refractivity contribution in [3.63, 3.8) is 0 Å². The molecule has 3 rings (SSSR count). The van der Waals surface area contributed by atoms with E-state index in [1.807, 2.05) is 22.8 Å². The van der Waals surface area contributed by atoms with Crippen LogP contribution in [0.25, 0.3) is 11.0 Å². The van der Waals surface area contributed by atoms with E-state index in [2.05, 4.69) is 10.3 Å². The zero-order valence-corrected chi connectivity index (χ0v) is 16.1. The van der Waals surface area contributed by atoms with Crippen molar-refractivity contribution in [2.24, 2.45) is 5.41 Å². The molecule has 148 valence electrons. The normalized spacial score (nSPS) is 15.8. The number of anilines is 1. The number of carbonyl (C=O) groups excluding carboxylic acids is 1. The number of imidazole rings is 1. The Hall–Kier alpha value is -2.02. The van der Waals surface area contributed by atoms with Gasteiger partial charge in [0.1, 0.15) is 0 Å². The predicted molar refractivity (Wildman–Crippen MR) is 101 cm³/mol. The van der Waals surface area contributed by atoms with Gasteiger partial charge in [-0.15, -0.1) is 0 Å². The van der Waals surface area contributed by atoms with Crippen LogP contribution in [0, 0.1) is 5.41 Å². The maximum atomic E-state index is 13.1. The lowest BCUT2D eigenvalue weighted by Gasteiger charge is -2.29. The summed E-state index contributed by atoms with van der Waals surface area (Å²) < 4.78 is 28.1. The number of benzene rings is 1. The van der Waals surface area contributed by atoms with Crippen molar-refractivity contribution in [2.45, 2.75) is 58.1 Å². The molecule has 2 N–H and O–H groups in total. The summed E-state index contributed by atoms with van der Waals surface area (Å²) in [5.74, 6) is -0.0564. The lowest BCUT2D eigenvalue weighted by molar-refractivity contribution is -0.118. The van der Waals surface area contributed by atoms with Crippen molar-refractivity contribution >= 4 is 22.9 Å². The van der Waals surface area contributed by atoms with Crippen molar-refractivity contribution in [1.29, 1.82) is 0 Å². The third-order valence-corrected chi connectivity index (χ3v) is 5.32. The van der Waals surface area contributed by atoms with Gasteiger partial charge in [-0.3, -0.25) is 18.9 Å². The average molecular weight is 379 g/mol. The summed E-state index contributed by atoms with van der Waals surface area (Å²) in [5, 5.41) is 13.1. The molecule has 1 aliphatic rings. The van der Waals surface area contributed by atoms with Gasteiger partial charge < -0.3 is 9.67 Å². The van der Waals surface area contributed by atoms with E-state index in [4.69, 9.17) is 0 Å². The number of nitrogens with zero attached hydrogens (tertiary/aromatic N) is 2. The highest BCUT2D eigenvalue weighted by Crippen LogP contribution is 2.38. The number of carbonyl (C=O) groups is 1. The van der Waals surface area contributed by atoms with Crippen LogP contribution in [0.1, 0.15) is 58.1 Å². The van der Waals surface area contributed by atoms with Gasteiger partial charge in [0, 0.05) is 17.9 Å². The number of rotatable bonds is 7. The molecule has 1 saturated carbocycles. The fourth-order valence-corrected chi connectivity index (χ4v) is 3.26. The highest BCUT2D eigenvalue weighted by atomic mass is 19.1. The van der Waals surface area contributed by atoms with Crippen LogP contribution in [-0.2, 0) is 10.4 Å². The molecule has 1 fully saturated rings. The Morgan fingerprint density at radius 1 is 1.30 bits per heavy atom. The number of aliphatic hydroxyl groups is 1. The molecule has 1 amide bonds. The van der Waals surface area contributed by atoms with Gasteiger partial charge in [0.05, 0.1) is 30.0 Å². The molecule has 0 radical (unpaired) electrons. The molecule has 1 heterocycles. The molecular formula is C20H27F2N3O2. The van der Waals surface area contributed by atoms with E-state index in [-0.39, 0.29) is 12.5 Å². The van der Waals surface area contributed by atoms with E-state index >= 15 is 0 Å². The molecule has 7 heteroatoms. The quantitative estimate of drug-likeness (QED) is 0.755. The number of alkyl halides is 2. The fraction of sp³-hybridized carbons (Fsp3) is 0.600. The summed E-state index contributed by atoms with van der Waals surface area (Å²) in [6.07, 6.45) is 2.81. The number of hydrogen-bond acceptors (Lipinski definition) is 3. The van der Waals surface area contributed by atoms with Crippen LogP contribution < -0.4 is 5.32 Å². The summed E-state index contributed by atoms with van der Waals surface area (Å²) in [6, 6.07) is 5.75. The molecule has 0 bridgehead atoms. The third-order valence-electron chi connectivity index (χ3n) is 5.32. The number of halogens is 2. The fourth-order valence-electron chi connectivity index (χ4n) is 3.26. The molecule has 1 aromatic carbocycles. The minimum atomic E-state index is -1.31. The highest BCUT2D eigenvalue weighted by Gasteiger charge is 2.30. The molecule has 0 spiro atoms. The number of aromatic nitrogens is 2. The van der Waals surface area contributed by atoms with E-state index < -0.39 is 30.3 Å². The van der Waals surface area contributed by atoms with Crippen LogP contribution in [0.2, 0.25) is 0 Å². The number of amides is 1. The summed E-state index contributed by atoms with van der Waals surface area (Å²) in [7, 11) is 0. The van der Waals surface area contributed by atoms with Crippen LogP contribution in [-0.4, -0.2) is 33.9 Å². The summed E-state index contributed by atoms with van der Waals surface area (Å²) in [4.78, 5) is 16.9. The smallest absolute Gasteiger partial charge is 0.227 e. The van der Waals surface area contributed by atoms with Crippen LogP contribution in [0.3, 0.4) is 0 Å². The molecule has 0 unspecified atom stereocenters. The second-order valence-electron chi connectivity index (χ2n) is 8.46. The Balaban J connectivity index is 1.96. The zero-order valence-electron chi connectivity index (χ0n) is 16.1. The molecule has 5 nitrogen and oxygen atoms in total. The standard InChI is InChI=1S/C20H27F2N3O2/c1-19(2,27)13-7-8-15-16(9-13)25(14-5-4-6-14)18(23-15)24-17(26)10-20(3,11-21)12-22/h7-9,14,27H,4-6,10-12H2,1-3H3,(H,23,24,26). The topological polar surface area (TPSA) is 67.2 Å². The van der Waals surface area contributed by atoms with E-state index in [0.29, 0.717) is 11.5 Å². The van der Waals surface area contributed by atoms with Crippen LogP contribution >= 0.6 is 0 Å². The van der Waals surface area contributed by atoms with Gasteiger partial charge in [-0.1, -0.05) is 13.0 Å². The van der Waals surface area contributed by atoms with E-state index in [0.717, 1.165) is 30.3 Å². The Kier molecular flexibility index (Phi) is 5.25. The minimum absolute atomic E-state index is 0.219. The minimum Gasteiger partial charge on any atom is -0.386 e. The van der Waals surface area contributed by atoms with Crippen LogP contribution in [0.5, 0.6) is 0 Å². The first-order valence-electron chi connectivity index (χ1n) is 9.33. The SMILES string of the molecule is CC(CF)(CF)CC(=O)Nc1nc2ccc(C(C)(C)O)cc2n1C1CCC1. The van der Waals surface area contributed by atoms with E-state index in [1.165, 1.54) is 6.92 Å². The van der Waals surface area contributed by atoms with Crippen molar-refractivity contribution in [2.75, 3.05) is 18.7 Å². The van der Waals surface area contributed by atoms with Gasteiger partial charge in [0.2, 0.25) is 11.9 Å². The van der Waals surface area contributed by atoms with E-state index in [1.54, 1.807) is 13.8 Å². The second-order valence-corrected chi connectivity index (χ2v) is 8.46. The summed E-state index contributed by atoms with van der Waals surface area (Å²) >= 11 is 0. The Morgan fingerprint density at radius 3 is 2.48 bits per heavy atom. The van der Waals surface area contributed by atoms with Gasteiger partial charge in [0.15, 0.2) is 0 Å². The van der Waals surface area contributed by atoms with E-state index in [9.17, 15) is 18.7 Å². The zero-order chi connectivity index (χ0) is 19.8. The lowest BCUT2D eigenvalue weighted by atomic mass is 9.90. The first-order valence-corrected chi connectivity index (χ1v) is 9.33. The number of fused-ring (bicyclic) bond motifs is 1. The monoisotopic (exact) mass is 379 g/mol. The maximum absolute atomic E-state index is 13.1. The molecule has 0 saturated heterocycles. The lowest BCUT2D eigenvalue weighted by Crippen LogP contribution is -2.30. The molecule has 1 aromatic heterocycles. The number of nitrogens with one attached hydrogen (secondary N) is 1. The van der Waals surface area contributed by atoms with Crippen molar-refractivity contribution in [3.8, 4) is 0 Å². The van der Waals surface area contributed by atoms with Crippen molar-refractivity contribution < 1.29 is 18.7 Å². The molecular weight excluding hydrogens is 352 g/mol. The molecule has 0 aliphatic heterocycles. The van der Waals surface area contributed by atoms with Crippen molar-refractivity contribution in [1.82, 2.24) is 9.55 Å². The van der Waals surface area contributed by atoms with Gasteiger partial charge in [-0.05, 0) is 50.8 Å². The number of hydrogen-bond donors (Lipinski definition) is 2. The maximum Gasteiger partial charge on any atom is 0.227 e. The second kappa shape index (κ2) is 7.19. The third kappa shape index (κ3) is 3.98. The molecule has 27 heavy (non-hydrogen) atoms. The Morgan fingerprint density at radius 2 is 1.96 bits per heavy atom. The first kappa shape index (κ1) is 19.7. The Bertz CT molecular complexity index is 834. The van der Waals surface area contributed by atoms with Gasteiger partial charge in [0.25, 0.3) is 0 Å². The van der Waals surface area contributed by atoms with Crippen LogP contribution in [0.4, 0.5) is 14.7 Å². The van der Waals surface area contributed by atoms with Crippen molar-refractivity contribution in [3.05, 3.63) is 23.8 Å². The molecule has 0 atom stereocenters. The first-order chi connectivity index (χ1) is 12.7. The highest BCUT2D eigenvalue weighted by molar-refractivity contribution is 5.92. The predicted octanol–water partition coefficient (Wildman–Crippen LogP) is 4.26. The largest absolute Gasteiger partial charge is 0.386 e. The van der Waals surface area contributed by atoms with Gasteiger partial charge in [-0.25, -0.2) is 4.98 Å². The average Bonchev–Trinajstić information content (AvgIpc) is 2.89. The molecule has 2 aromatic rings. The van der Waals surface area contributed by atoms with Crippen LogP contribution in [0.15, 0.2) is 18.2 Å². The summed E-state index contributed by atoms with van der Waals surface area (Å²) in [5.41, 5.74) is 0.00934. The van der Waals surface area contributed by atoms with Gasteiger partial charge >= 0.3 is 0 Å². The van der Waals surface area contributed by atoms with Gasteiger partial charge in [-0.2, -0.15) is 0 Å². The summed E-state index contributed by atoms with van der Waals surface area (Å²) in [6.45, 7) is 3.05.